The molecule has 0 radical (unpaired) electrons. The number of aliphatic hydroxyl groups excluding tert-OH is 6. The molecular formula is C31H43N15O14. The van der Waals surface area contributed by atoms with Gasteiger partial charge in [0.2, 0.25) is 0 Å². The smallest absolute Gasteiger partial charge is 0.169 e. The van der Waals surface area contributed by atoms with Crippen LogP contribution in [0.4, 0.5) is 0 Å². The normalized spacial score (nSPS) is 38.8. The van der Waals surface area contributed by atoms with Crippen LogP contribution in [-0.2, 0) is 39.8 Å². The third-order valence-electron chi connectivity index (χ3n) is 10.4. The molecule has 29 heteroatoms. The van der Waals surface area contributed by atoms with Crippen molar-refractivity contribution in [3.8, 4) is 5.75 Å². The SMILES string of the molecule is COc1ccc(CO[C@@H]2C(CO)O[C@H](OC3C(N=[N+]=[N-])C[C@@H](N=[N+]=[N-])C(O)C3O[C@H]3CC(OC4OC(CN=[N+]=[N-])C(O)C(O)C4N=[N+]=[N-])[C@@H](CO)O3)C(N=[N+]=[N-])C2O)cc1. The zero-order valence-corrected chi connectivity index (χ0v) is 31.6. The molecule has 13 unspecified atom stereocenters. The highest BCUT2D eigenvalue weighted by atomic mass is 16.8. The van der Waals surface area contributed by atoms with E-state index in [1.165, 1.54) is 7.11 Å². The topological polar surface area (TPSA) is 439 Å². The zero-order valence-electron chi connectivity index (χ0n) is 31.6. The second-order valence-corrected chi connectivity index (χ2v) is 13.8. The molecule has 1 aromatic carbocycles. The van der Waals surface area contributed by atoms with Gasteiger partial charge in [-0.25, -0.2) is 0 Å². The highest BCUT2D eigenvalue weighted by Crippen LogP contribution is 2.38. The Hall–Kier alpha value is -4.95. The lowest BCUT2D eigenvalue weighted by Gasteiger charge is -2.47. The van der Waals surface area contributed by atoms with E-state index in [2.05, 4.69) is 50.1 Å². The summed E-state index contributed by atoms with van der Waals surface area (Å²) in [5.74, 6) is 0.590. The van der Waals surface area contributed by atoms with Gasteiger partial charge in [-0.05, 0) is 51.8 Å². The van der Waals surface area contributed by atoms with Gasteiger partial charge in [0.15, 0.2) is 18.9 Å². The summed E-state index contributed by atoms with van der Waals surface area (Å²) in [6.07, 6.45) is -21.3. The van der Waals surface area contributed by atoms with Crippen molar-refractivity contribution in [1.29, 1.82) is 0 Å². The van der Waals surface area contributed by atoms with E-state index in [0.29, 0.717) is 11.3 Å². The summed E-state index contributed by atoms with van der Waals surface area (Å²) in [7, 11) is 1.50. The van der Waals surface area contributed by atoms with E-state index in [-0.39, 0.29) is 19.4 Å². The molecule has 326 valence electrons. The molecule has 60 heavy (non-hydrogen) atoms. The maximum absolute atomic E-state index is 11.5. The first-order valence-electron chi connectivity index (χ1n) is 18.3. The van der Waals surface area contributed by atoms with Crippen LogP contribution in [0.15, 0.2) is 49.8 Å². The third kappa shape index (κ3) is 10.7. The Balaban J connectivity index is 1.39. The Bertz CT molecular complexity index is 1830. The number of hydrogen-bond acceptors (Lipinski definition) is 19. The van der Waals surface area contributed by atoms with E-state index in [4.69, 9.17) is 49.0 Å². The van der Waals surface area contributed by atoms with Gasteiger partial charge in [-0.15, -0.1) is 0 Å². The van der Waals surface area contributed by atoms with Gasteiger partial charge in [0, 0.05) is 31.0 Å². The fraction of sp³-hybridized carbons (Fsp3) is 0.806. The Morgan fingerprint density at radius 2 is 1.25 bits per heavy atom. The van der Waals surface area contributed by atoms with Crippen LogP contribution >= 0.6 is 0 Å². The van der Waals surface area contributed by atoms with Crippen LogP contribution < -0.4 is 4.74 Å². The number of rotatable bonds is 18. The summed E-state index contributed by atoms with van der Waals surface area (Å²) in [6.45, 7) is -1.92. The molecule has 4 aliphatic rings. The number of ether oxygens (including phenoxy) is 8. The van der Waals surface area contributed by atoms with Crippen LogP contribution in [0.1, 0.15) is 18.4 Å². The molecule has 4 fully saturated rings. The number of nitrogens with zero attached hydrogens (tertiary/aromatic N) is 15. The lowest BCUT2D eigenvalue weighted by atomic mass is 9.84. The van der Waals surface area contributed by atoms with Crippen molar-refractivity contribution in [2.75, 3.05) is 26.9 Å². The molecule has 3 heterocycles. The summed E-state index contributed by atoms with van der Waals surface area (Å²) < 4.78 is 47.0. The molecule has 1 aliphatic carbocycles. The number of aliphatic hydroxyl groups is 6. The molecule has 0 aromatic heterocycles. The van der Waals surface area contributed by atoms with E-state index in [1.54, 1.807) is 24.3 Å². The van der Waals surface area contributed by atoms with Crippen LogP contribution in [-0.4, -0.2) is 168 Å². The molecule has 29 nitrogen and oxygen atoms in total. The van der Waals surface area contributed by atoms with Gasteiger partial charge in [0.1, 0.15) is 48.4 Å². The minimum absolute atomic E-state index is 0.0660. The third-order valence-corrected chi connectivity index (χ3v) is 10.4. The van der Waals surface area contributed by atoms with Crippen LogP contribution in [0.25, 0.3) is 52.2 Å². The van der Waals surface area contributed by atoms with Crippen molar-refractivity contribution in [2.24, 2.45) is 25.6 Å². The number of benzene rings is 1. The number of methoxy groups -OCH3 is 1. The number of hydrogen-bond donors (Lipinski definition) is 6. The van der Waals surface area contributed by atoms with Crippen LogP contribution in [0.2, 0.25) is 0 Å². The van der Waals surface area contributed by atoms with Gasteiger partial charge in [-0.2, -0.15) is 0 Å². The molecule has 3 aliphatic heterocycles. The summed E-state index contributed by atoms with van der Waals surface area (Å²) >= 11 is 0. The minimum Gasteiger partial charge on any atom is -0.497 e. The maximum Gasteiger partial charge on any atom is 0.169 e. The van der Waals surface area contributed by atoms with Crippen molar-refractivity contribution in [2.45, 2.75) is 130 Å². The molecule has 3 saturated heterocycles. The van der Waals surface area contributed by atoms with Crippen molar-refractivity contribution < 1.29 is 68.5 Å². The summed E-state index contributed by atoms with van der Waals surface area (Å²) in [5, 5.41) is 82.7. The van der Waals surface area contributed by atoms with Crippen LogP contribution in [0.5, 0.6) is 5.75 Å². The average molecular weight is 850 g/mol. The molecule has 5 rings (SSSR count). The predicted molar refractivity (Wildman–Crippen MR) is 195 cm³/mol. The van der Waals surface area contributed by atoms with Crippen molar-refractivity contribution in [3.05, 3.63) is 82.0 Å². The van der Waals surface area contributed by atoms with Crippen LogP contribution in [0.3, 0.4) is 0 Å². The van der Waals surface area contributed by atoms with Crippen molar-refractivity contribution in [1.82, 2.24) is 0 Å². The molecule has 0 bridgehead atoms. The van der Waals surface area contributed by atoms with Gasteiger partial charge in [-0.1, -0.05) is 37.7 Å². The van der Waals surface area contributed by atoms with Gasteiger partial charge < -0.3 is 68.5 Å². The first-order chi connectivity index (χ1) is 29.0. The van der Waals surface area contributed by atoms with Crippen LogP contribution in [0, 0.1) is 0 Å². The van der Waals surface area contributed by atoms with Gasteiger partial charge in [-0.3, -0.25) is 0 Å². The van der Waals surface area contributed by atoms with E-state index in [9.17, 15) is 47.2 Å². The van der Waals surface area contributed by atoms with E-state index in [1.807, 2.05) is 0 Å². The number of azide groups is 5. The Kier molecular flexibility index (Phi) is 17.0. The van der Waals surface area contributed by atoms with Crippen molar-refractivity contribution in [3.63, 3.8) is 0 Å². The standard InChI is InChI=1S/C31H43N15O14/c1-53-13-4-2-12(3-5-13)11-54-28-19(10-48)58-31(22(26(28)52)41-46-36)60-27-15(39-44-34)6-14(38-43-33)23(49)29(27)59-20-7-16(18(9-47)55-20)56-30-21(40-45-35)25(51)24(50)17(57-30)8-37-42-32/h2-5,14-31,47-52H,6-11H2,1H3/t14-,15?,16?,17?,18-,19?,20+,21?,22?,23?,24?,25?,26?,27?,28-,29?,30?,31-/m1/s1. The molecule has 1 aromatic rings. The quantitative estimate of drug-likeness (QED) is 0.0686. The summed E-state index contributed by atoms with van der Waals surface area (Å²) in [4.78, 5) is 13.7. The highest BCUT2D eigenvalue weighted by molar-refractivity contribution is 5.26. The highest BCUT2D eigenvalue weighted by Gasteiger charge is 2.53. The van der Waals surface area contributed by atoms with Gasteiger partial charge >= 0.3 is 0 Å². The molecule has 0 amide bonds. The first-order valence-corrected chi connectivity index (χ1v) is 18.3. The average Bonchev–Trinajstić information content (AvgIpc) is 3.64. The zero-order chi connectivity index (χ0) is 43.3. The Morgan fingerprint density at radius 3 is 1.87 bits per heavy atom. The van der Waals surface area contributed by atoms with E-state index < -0.39 is 130 Å². The molecule has 18 atom stereocenters. The van der Waals surface area contributed by atoms with E-state index in [0.717, 1.165) is 0 Å². The lowest BCUT2D eigenvalue weighted by Crippen LogP contribution is -2.63. The van der Waals surface area contributed by atoms with E-state index >= 15 is 0 Å². The first kappa shape index (κ1) is 46.1. The second kappa shape index (κ2) is 22.1. The second-order valence-electron chi connectivity index (χ2n) is 13.8. The van der Waals surface area contributed by atoms with Gasteiger partial charge in [0.05, 0.1) is 82.2 Å². The Morgan fingerprint density at radius 1 is 0.633 bits per heavy atom. The fourth-order valence-corrected chi connectivity index (χ4v) is 7.36. The molecule has 6 N–H and O–H groups in total. The largest absolute Gasteiger partial charge is 0.497 e. The fourth-order valence-electron chi connectivity index (χ4n) is 7.36. The summed E-state index contributed by atoms with van der Waals surface area (Å²) in [6, 6.07) is 1.15. The summed E-state index contributed by atoms with van der Waals surface area (Å²) in [5.41, 5.74) is 46.9. The predicted octanol–water partition coefficient (Wildman–Crippen LogP) is 1.16. The monoisotopic (exact) mass is 849 g/mol. The lowest BCUT2D eigenvalue weighted by molar-refractivity contribution is -0.311. The Labute approximate surface area is 338 Å². The van der Waals surface area contributed by atoms with Crippen molar-refractivity contribution >= 4 is 0 Å². The molecule has 1 saturated carbocycles. The maximum atomic E-state index is 11.5. The minimum atomic E-state index is -1.73. The van der Waals surface area contributed by atoms with Gasteiger partial charge in [0.25, 0.3) is 0 Å². The molecule has 0 spiro atoms. The molecular weight excluding hydrogens is 806 g/mol.